The van der Waals surface area contributed by atoms with E-state index in [4.69, 9.17) is 4.74 Å². The standard InChI is InChI=1S/C29H32N4O4S2/c1-5-30-29(35)39(36)32-28-24(16-23(38-28)15-19(2)3)21-13-11-20(12-14-21)17-33-25(18-34)27(37-4)31-26(33)22-9-7-6-8-10-22/h6-14,16,18-19,32H,5,15,17H2,1-4H3,(H,30,35). The molecule has 0 radical (unpaired) electrons. The van der Waals surface area contributed by atoms with Crippen molar-refractivity contribution in [3.05, 3.63) is 76.8 Å². The highest BCUT2D eigenvalue weighted by Gasteiger charge is 2.20. The minimum Gasteiger partial charge on any atom is -0.479 e. The van der Waals surface area contributed by atoms with Gasteiger partial charge >= 0.3 is 5.24 Å². The SMILES string of the molecule is CCNC(=O)S(=O)Nc1sc(CC(C)C)cc1-c1ccc(Cn2c(-c3ccccc3)nc(OC)c2C=O)cc1. The first-order valence-electron chi connectivity index (χ1n) is 12.7. The summed E-state index contributed by atoms with van der Waals surface area (Å²) in [5.41, 5.74) is 4.05. The lowest BCUT2D eigenvalue weighted by Crippen LogP contribution is -2.28. The fraction of sp³-hybridized carbons (Fsp3) is 0.276. The summed E-state index contributed by atoms with van der Waals surface area (Å²) >= 11 is 1.51. The summed E-state index contributed by atoms with van der Waals surface area (Å²) in [4.78, 5) is 29.8. The van der Waals surface area contributed by atoms with Crippen molar-refractivity contribution in [2.75, 3.05) is 18.4 Å². The van der Waals surface area contributed by atoms with E-state index < -0.39 is 16.2 Å². The molecule has 204 valence electrons. The third-order valence-corrected chi connectivity index (χ3v) is 8.06. The second-order valence-corrected chi connectivity index (χ2v) is 11.6. The zero-order valence-electron chi connectivity index (χ0n) is 22.4. The van der Waals surface area contributed by atoms with Crippen molar-refractivity contribution in [1.82, 2.24) is 14.9 Å². The molecule has 2 aromatic heterocycles. The molecule has 39 heavy (non-hydrogen) atoms. The molecule has 0 aliphatic carbocycles. The van der Waals surface area contributed by atoms with E-state index in [0.29, 0.717) is 35.5 Å². The molecule has 4 rings (SSSR count). The highest BCUT2D eigenvalue weighted by atomic mass is 32.2. The summed E-state index contributed by atoms with van der Waals surface area (Å²) in [7, 11) is -0.396. The third kappa shape index (κ3) is 6.63. The number of carbonyl (C=O) groups excluding carboxylic acids is 2. The molecule has 0 aliphatic rings. The van der Waals surface area contributed by atoms with Gasteiger partial charge in [0.15, 0.2) is 6.29 Å². The van der Waals surface area contributed by atoms with Crippen molar-refractivity contribution in [2.24, 2.45) is 5.92 Å². The van der Waals surface area contributed by atoms with E-state index in [1.165, 1.54) is 18.4 Å². The Morgan fingerprint density at radius 1 is 1.13 bits per heavy atom. The van der Waals surface area contributed by atoms with Gasteiger partial charge in [-0.15, -0.1) is 11.3 Å². The lowest BCUT2D eigenvalue weighted by atomic mass is 10.0. The first-order chi connectivity index (χ1) is 18.8. The molecule has 0 spiro atoms. The van der Waals surface area contributed by atoms with Gasteiger partial charge in [-0.05, 0) is 36.5 Å². The number of ether oxygens (including phenoxy) is 1. The average molecular weight is 565 g/mol. The zero-order valence-corrected chi connectivity index (χ0v) is 24.0. The summed E-state index contributed by atoms with van der Waals surface area (Å²) in [5, 5.41) is 2.73. The number of benzene rings is 2. The molecular formula is C29H32N4O4S2. The maximum Gasteiger partial charge on any atom is 0.329 e. The molecule has 0 bridgehead atoms. The summed E-state index contributed by atoms with van der Waals surface area (Å²) in [5.74, 6) is 1.39. The molecule has 0 aliphatic heterocycles. The molecule has 0 saturated heterocycles. The Morgan fingerprint density at radius 2 is 1.85 bits per heavy atom. The fourth-order valence-corrected chi connectivity index (χ4v) is 6.41. The topological polar surface area (TPSA) is 102 Å². The van der Waals surface area contributed by atoms with Gasteiger partial charge in [0.2, 0.25) is 16.9 Å². The molecule has 8 nitrogen and oxygen atoms in total. The van der Waals surface area contributed by atoms with Gasteiger partial charge in [-0.25, -0.2) is 4.21 Å². The number of thiophene rings is 1. The van der Waals surface area contributed by atoms with E-state index in [-0.39, 0.29) is 5.88 Å². The number of hydrogen-bond donors (Lipinski definition) is 2. The largest absolute Gasteiger partial charge is 0.479 e. The average Bonchev–Trinajstić information content (AvgIpc) is 3.49. The van der Waals surface area contributed by atoms with Gasteiger partial charge < -0.3 is 14.6 Å². The maximum atomic E-state index is 12.6. The quantitative estimate of drug-likeness (QED) is 0.213. The Kier molecular flexibility index (Phi) is 9.32. The Bertz CT molecular complexity index is 1460. The smallest absolute Gasteiger partial charge is 0.329 e. The van der Waals surface area contributed by atoms with Gasteiger partial charge in [-0.2, -0.15) is 4.98 Å². The van der Waals surface area contributed by atoms with Crippen molar-refractivity contribution in [1.29, 1.82) is 0 Å². The first kappa shape index (κ1) is 28.3. The van der Waals surface area contributed by atoms with Crippen molar-refractivity contribution in [3.8, 4) is 28.4 Å². The molecule has 2 N–H and O–H groups in total. The van der Waals surface area contributed by atoms with Gasteiger partial charge in [0, 0.05) is 29.1 Å². The monoisotopic (exact) mass is 564 g/mol. The molecule has 2 aromatic carbocycles. The Hall–Kier alpha value is -3.76. The molecule has 10 heteroatoms. The molecule has 0 fully saturated rings. The van der Waals surface area contributed by atoms with E-state index in [0.717, 1.165) is 39.8 Å². The number of nitrogens with zero attached hydrogens (tertiary/aromatic N) is 2. The van der Waals surface area contributed by atoms with Crippen LogP contribution in [0.25, 0.3) is 22.5 Å². The minimum absolute atomic E-state index is 0.284. The Morgan fingerprint density at radius 3 is 2.46 bits per heavy atom. The number of carbonyl (C=O) groups is 2. The molecule has 2 heterocycles. The van der Waals surface area contributed by atoms with Crippen LogP contribution in [-0.4, -0.2) is 38.9 Å². The van der Waals surface area contributed by atoms with E-state index in [9.17, 15) is 13.8 Å². The number of aldehydes is 1. The predicted molar refractivity (Wildman–Crippen MR) is 158 cm³/mol. The predicted octanol–water partition coefficient (Wildman–Crippen LogP) is 6.15. The van der Waals surface area contributed by atoms with E-state index in [1.54, 1.807) is 6.92 Å². The van der Waals surface area contributed by atoms with Crippen LogP contribution < -0.4 is 14.8 Å². The van der Waals surface area contributed by atoms with Crippen LogP contribution >= 0.6 is 11.3 Å². The Labute approximate surface area is 235 Å². The first-order valence-corrected chi connectivity index (χ1v) is 14.6. The zero-order chi connectivity index (χ0) is 27.9. The van der Waals surface area contributed by atoms with E-state index in [1.807, 2.05) is 59.2 Å². The van der Waals surface area contributed by atoms with Crippen LogP contribution in [0, 0.1) is 5.92 Å². The van der Waals surface area contributed by atoms with Crippen molar-refractivity contribution >= 4 is 38.8 Å². The molecule has 1 atom stereocenters. The van der Waals surface area contributed by atoms with E-state index >= 15 is 0 Å². The van der Waals surface area contributed by atoms with Gasteiger partial charge in [-0.1, -0.05) is 68.4 Å². The number of nitrogens with one attached hydrogen (secondary N) is 2. The lowest BCUT2D eigenvalue weighted by Gasteiger charge is -2.11. The number of amides is 1. The molecular weight excluding hydrogens is 532 g/mol. The molecule has 1 amide bonds. The summed E-state index contributed by atoms with van der Waals surface area (Å²) < 4.78 is 22.7. The van der Waals surface area contributed by atoms with Crippen LogP contribution in [0.4, 0.5) is 9.80 Å². The number of imidazole rings is 1. The van der Waals surface area contributed by atoms with Crippen LogP contribution in [0.1, 0.15) is 41.7 Å². The second kappa shape index (κ2) is 12.9. The van der Waals surface area contributed by atoms with Crippen LogP contribution in [0.3, 0.4) is 0 Å². The number of anilines is 1. The molecule has 1 unspecified atom stereocenters. The number of rotatable bonds is 11. The summed E-state index contributed by atoms with van der Waals surface area (Å²) in [6.07, 6.45) is 1.64. The minimum atomic E-state index is -1.90. The van der Waals surface area contributed by atoms with Crippen molar-refractivity contribution in [2.45, 2.75) is 33.7 Å². The number of hydrogen-bond acceptors (Lipinski definition) is 6. The summed E-state index contributed by atoms with van der Waals surface area (Å²) in [6, 6.07) is 19.7. The normalized spacial score (nSPS) is 11.8. The van der Waals surface area contributed by atoms with Crippen LogP contribution in [0.5, 0.6) is 5.88 Å². The van der Waals surface area contributed by atoms with Gasteiger partial charge in [0.25, 0.3) is 0 Å². The van der Waals surface area contributed by atoms with Crippen LogP contribution in [0.2, 0.25) is 0 Å². The van der Waals surface area contributed by atoms with Gasteiger partial charge in [0.05, 0.1) is 7.11 Å². The summed E-state index contributed by atoms with van der Waals surface area (Å²) in [6.45, 7) is 6.91. The third-order valence-electron chi connectivity index (χ3n) is 5.98. The maximum absolute atomic E-state index is 12.6. The van der Waals surface area contributed by atoms with Crippen molar-refractivity contribution < 1.29 is 18.5 Å². The molecule has 0 saturated carbocycles. The van der Waals surface area contributed by atoms with Crippen LogP contribution in [0.15, 0.2) is 60.7 Å². The van der Waals surface area contributed by atoms with E-state index in [2.05, 4.69) is 34.9 Å². The van der Waals surface area contributed by atoms with Gasteiger partial charge in [0.1, 0.15) is 16.5 Å². The number of aromatic nitrogens is 2. The highest BCUT2D eigenvalue weighted by Crippen LogP contribution is 2.38. The Balaban J connectivity index is 1.65. The lowest BCUT2D eigenvalue weighted by molar-refractivity contribution is 0.111. The highest BCUT2D eigenvalue weighted by molar-refractivity contribution is 8.01. The fourth-order valence-electron chi connectivity index (χ4n) is 4.22. The van der Waals surface area contributed by atoms with Crippen LogP contribution in [-0.2, 0) is 24.0 Å². The van der Waals surface area contributed by atoms with Crippen molar-refractivity contribution in [3.63, 3.8) is 0 Å². The number of methoxy groups -OCH3 is 1. The van der Waals surface area contributed by atoms with Gasteiger partial charge in [-0.3, -0.25) is 14.3 Å². The molecule has 4 aromatic rings. The second-order valence-electron chi connectivity index (χ2n) is 9.34.